The quantitative estimate of drug-likeness (QED) is 0.741. The molecule has 0 saturated heterocycles. The highest BCUT2D eigenvalue weighted by Crippen LogP contribution is 2.21. The molecule has 0 saturated carbocycles. The van der Waals surface area contributed by atoms with Crippen molar-refractivity contribution >= 4 is 5.91 Å². The summed E-state index contributed by atoms with van der Waals surface area (Å²) in [6.45, 7) is 1.18. The number of hydrogen-bond acceptors (Lipinski definition) is 3. The molecular weight excluding hydrogens is 214 g/mol. The van der Waals surface area contributed by atoms with Gasteiger partial charge in [0.25, 0.3) is 5.91 Å². The van der Waals surface area contributed by atoms with E-state index in [0.29, 0.717) is 18.7 Å². The predicted octanol–water partition coefficient (Wildman–Crippen LogP) is 1.63. The molecule has 0 radical (unpaired) electrons. The number of rotatable bonds is 1. The van der Waals surface area contributed by atoms with E-state index in [1.807, 2.05) is 30.3 Å². The number of amides is 1. The smallest absolute Gasteiger partial charge is 0.254 e. The van der Waals surface area contributed by atoms with E-state index in [2.05, 4.69) is 9.97 Å². The zero-order valence-electron chi connectivity index (χ0n) is 9.21. The fourth-order valence-corrected chi connectivity index (χ4v) is 2.01. The van der Waals surface area contributed by atoms with Crippen molar-refractivity contribution in [1.82, 2.24) is 14.9 Å². The van der Waals surface area contributed by atoms with E-state index in [4.69, 9.17) is 0 Å². The Labute approximate surface area is 98.9 Å². The summed E-state index contributed by atoms with van der Waals surface area (Å²) in [5, 5.41) is 0. The van der Waals surface area contributed by atoms with Gasteiger partial charge < -0.3 is 4.90 Å². The molecule has 0 aliphatic carbocycles. The Morgan fingerprint density at radius 3 is 2.76 bits per heavy atom. The Bertz CT molecular complexity index is 529. The van der Waals surface area contributed by atoms with Gasteiger partial charge in [-0.05, 0) is 12.1 Å². The minimum absolute atomic E-state index is 0.0450. The summed E-state index contributed by atoms with van der Waals surface area (Å²) in [5.41, 5.74) is 2.70. The molecule has 0 bridgehead atoms. The van der Waals surface area contributed by atoms with Gasteiger partial charge >= 0.3 is 0 Å². The van der Waals surface area contributed by atoms with Crippen LogP contribution in [0.25, 0.3) is 0 Å². The highest BCUT2D eigenvalue weighted by Gasteiger charge is 2.24. The van der Waals surface area contributed by atoms with E-state index in [9.17, 15) is 4.79 Å². The fourth-order valence-electron chi connectivity index (χ4n) is 2.01. The molecule has 1 aliphatic heterocycles. The molecule has 0 spiro atoms. The first kappa shape index (κ1) is 9.96. The summed E-state index contributed by atoms with van der Waals surface area (Å²) in [4.78, 5) is 22.1. The number of nitrogens with zero attached hydrogens (tertiary/aromatic N) is 3. The molecule has 0 unspecified atom stereocenters. The van der Waals surface area contributed by atoms with Crippen molar-refractivity contribution in [3.63, 3.8) is 0 Å². The van der Waals surface area contributed by atoms with E-state index >= 15 is 0 Å². The Balaban J connectivity index is 1.84. The maximum absolute atomic E-state index is 12.2. The van der Waals surface area contributed by atoms with Gasteiger partial charge in [-0.1, -0.05) is 18.2 Å². The van der Waals surface area contributed by atoms with Crippen LogP contribution in [-0.4, -0.2) is 20.8 Å². The molecule has 1 aliphatic rings. The summed E-state index contributed by atoms with van der Waals surface area (Å²) in [7, 11) is 0. The van der Waals surface area contributed by atoms with Crippen molar-refractivity contribution in [3.05, 3.63) is 59.7 Å². The van der Waals surface area contributed by atoms with Crippen molar-refractivity contribution in [2.24, 2.45) is 0 Å². The lowest BCUT2D eigenvalue weighted by molar-refractivity contribution is 0.0750. The third-order valence-electron chi connectivity index (χ3n) is 2.89. The van der Waals surface area contributed by atoms with Crippen LogP contribution >= 0.6 is 0 Å². The first-order valence-electron chi connectivity index (χ1n) is 5.46. The summed E-state index contributed by atoms with van der Waals surface area (Å²) < 4.78 is 0. The van der Waals surface area contributed by atoms with Crippen molar-refractivity contribution < 1.29 is 4.79 Å². The Kier molecular flexibility index (Phi) is 2.33. The topological polar surface area (TPSA) is 46.1 Å². The Morgan fingerprint density at radius 1 is 1.18 bits per heavy atom. The van der Waals surface area contributed by atoms with Crippen LogP contribution < -0.4 is 0 Å². The molecule has 1 aromatic carbocycles. The third-order valence-corrected chi connectivity index (χ3v) is 2.89. The van der Waals surface area contributed by atoms with Gasteiger partial charge in [-0.2, -0.15) is 0 Å². The van der Waals surface area contributed by atoms with Gasteiger partial charge in [0.2, 0.25) is 0 Å². The van der Waals surface area contributed by atoms with Gasteiger partial charge in [0.1, 0.15) is 6.33 Å². The SMILES string of the molecule is O=C(c1ccccc1)N1Cc2cncnc2C1. The van der Waals surface area contributed by atoms with Crippen LogP contribution in [0.2, 0.25) is 0 Å². The average molecular weight is 225 g/mol. The second kappa shape index (κ2) is 3.97. The number of carbonyl (C=O) groups excluding carboxylic acids is 1. The van der Waals surface area contributed by atoms with Gasteiger partial charge in [0, 0.05) is 23.9 Å². The highest BCUT2D eigenvalue weighted by molar-refractivity contribution is 5.94. The van der Waals surface area contributed by atoms with Gasteiger partial charge in [-0.15, -0.1) is 0 Å². The first-order valence-corrected chi connectivity index (χ1v) is 5.46. The maximum Gasteiger partial charge on any atom is 0.254 e. The lowest BCUT2D eigenvalue weighted by atomic mass is 10.2. The van der Waals surface area contributed by atoms with Crippen molar-refractivity contribution in [2.45, 2.75) is 13.1 Å². The number of hydrogen-bond donors (Lipinski definition) is 0. The van der Waals surface area contributed by atoms with Gasteiger partial charge in [-0.3, -0.25) is 4.79 Å². The molecule has 0 atom stereocenters. The Hall–Kier alpha value is -2.23. The molecule has 2 aromatic rings. The molecule has 0 fully saturated rings. The van der Waals surface area contributed by atoms with Crippen molar-refractivity contribution in [2.75, 3.05) is 0 Å². The van der Waals surface area contributed by atoms with E-state index in [0.717, 1.165) is 11.3 Å². The monoisotopic (exact) mass is 225 g/mol. The van der Waals surface area contributed by atoms with Crippen molar-refractivity contribution in [3.8, 4) is 0 Å². The zero-order chi connectivity index (χ0) is 11.7. The van der Waals surface area contributed by atoms with Crippen LogP contribution in [-0.2, 0) is 13.1 Å². The minimum Gasteiger partial charge on any atom is -0.328 e. The number of fused-ring (bicyclic) bond motifs is 1. The predicted molar refractivity (Wildman–Crippen MR) is 62.1 cm³/mol. The molecule has 0 N–H and O–H groups in total. The molecule has 4 nitrogen and oxygen atoms in total. The first-order chi connectivity index (χ1) is 8.34. The number of carbonyl (C=O) groups is 1. The van der Waals surface area contributed by atoms with Crippen molar-refractivity contribution in [1.29, 1.82) is 0 Å². The van der Waals surface area contributed by atoms with Crippen LogP contribution in [0.3, 0.4) is 0 Å². The molecule has 1 amide bonds. The lowest BCUT2D eigenvalue weighted by Gasteiger charge is -2.14. The van der Waals surface area contributed by atoms with E-state index in [1.165, 1.54) is 6.33 Å². The summed E-state index contributed by atoms with van der Waals surface area (Å²) in [6.07, 6.45) is 3.30. The number of benzene rings is 1. The summed E-state index contributed by atoms with van der Waals surface area (Å²) in [6, 6.07) is 9.31. The molecule has 17 heavy (non-hydrogen) atoms. The molecule has 3 rings (SSSR count). The molecule has 4 heteroatoms. The molecular formula is C13H11N3O. The number of aromatic nitrogens is 2. The molecule has 84 valence electrons. The second-order valence-corrected chi connectivity index (χ2v) is 4.02. The average Bonchev–Trinajstić information content (AvgIpc) is 2.82. The van der Waals surface area contributed by atoms with E-state index in [1.54, 1.807) is 11.1 Å². The standard InChI is InChI=1S/C13H11N3O/c17-13(10-4-2-1-3-5-10)16-7-11-6-14-9-15-12(11)8-16/h1-6,9H,7-8H2. The van der Waals surface area contributed by atoms with E-state index < -0.39 is 0 Å². The molecule has 1 aromatic heterocycles. The van der Waals surface area contributed by atoms with Gasteiger partial charge in [0.15, 0.2) is 0 Å². The normalized spacial score (nSPS) is 13.5. The van der Waals surface area contributed by atoms with Crippen LogP contribution in [0, 0.1) is 0 Å². The Morgan fingerprint density at radius 2 is 2.00 bits per heavy atom. The summed E-state index contributed by atoms with van der Waals surface area (Å²) >= 11 is 0. The zero-order valence-corrected chi connectivity index (χ0v) is 9.21. The fraction of sp³-hybridized carbons (Fsp3) is 0.154. The van der Waals surface area contributed by atoms with Crippen LogP contribution in [0.4, 0.5) is 0 Å². The highest BCUT2D eigenvalue weighted by atomic mass is 16.2. The molecule has 2 heterocycles. The van der Waals surface area contributed by atoms with Crippen LogP contribution in [0.1, 0.15) is 21.6 Å². The second-order valence-electron chi connectivity index (χ2n) is 4.02. The van der Waals surface area contributed by atoms with Crippen LogP contribution in [0.5, 0.6) is 0 Å². The lowest BCUT2D eigenvalue weighted by Crippen LogP contribution is -2.25. The summed E-state index contributed by atoms with van der Waals surface area (Å²) in [5.74, 6) is 0.0450. The largest absolute Gasteiger partial charge is 0.328 e. The van der Waals surface area contributed by atoms with E-state index in [-0.39, 0.29) is 5.91 Å². The minimum atomic E-state index is 0.0450. The van der Waals surface area contributed by atoms with Crippen LogP contribution in [0.15, 0.2) is 42.9 Å². The third kappa shape index (κ3) is 1.78. The van der Waals surface area contributed by atoms with Gasteiger partial charge in [0.05, 0.1) is 12.2 Å². The van der Waals surface area contributed by atoms with Gasteiger partial charge in [-0.25, -0.2) is 9.97 Å². The maximum atomic E-state index is 12.2.